The maximum atomic E-state index is 12.5. The van der Waals surface area contributed by atoms with Gasteiger partial charge in [0.25, 0.3) is 5.91 Å². The van der Waals surface area contributed by atoms with Crippen molar-refractivity contribution in [2.45, 2.75) is 0 Å². The minimum atomic E-state index is -0.532. The molecule has 0 bridgehead atoms. The van der Waals surface area contributed by atoms with E-state index in [1.807, 2.05) is 30.3 Å². The number of carbonyl (C=O) groups excluding carboxylic acids is 2. The molecule has 0 atom stereocenters. The average molecular weight is 433 g/mol. The summed E-state index contributed by atoms with van der Waals surface area (Å²) in [7, 11) is 0. The standard InChI is InChI=1S/C25H23NO6/c27-24(32-23-12-10-22(11-13-23)31-21-4-2-1-3-5-21)18-30-20-8-6-19(7-9-20)25(28)26-14-16-29-17-15-26/h1-13H,14-18H2. The van der Waals surface area contributed by atoms with Gasteiger partial charge in [0, 0.05) is 18.7 Å². The Balaban J connectivity index is 1.24. The number of amides is 1. The zero-order valence-electron chi connectivity index (χ0n) is 17.4. The van der Waals surface area contributed by atoms with E-state index in [-0.39, 0.29) is 12.5 Å². The van der Waals surface area contributed by atoms with Gasteiger partial charge in [-0.15, -0.1) is 0 Å². The van der Waals surface area contributed by atoms with Gasteiger partial charge in [-0.2, -0.15) is 0 Å². The van der Waals surface area contributed by atoms with Crippen molar-refractivity contribution < 1.29 is 28.5 Å². The first kappa shape index (κ1) is 21.4. The third kappa shape index (κ3) is 5.86. The quantitative estimate of drug-likeness (QED) is 0.415. The second-order valence-corrected chi connectivity index (χ2v) is 7.08. The highest BCUT2D eigenvalue weighted by Gasteiger charge is 2.18. The van der Waals surface area contributed by atoms with E-state index in [4.69, 9.17) is 18.9 Å². The van der Waals surface area contributed by atoms with Gasteiger partial charge in [-0.25, -0.2) is 4.79 Å². The topological polar surface area (TPSA) is 74.3 Å². The largest absolute Gasteiger partial charge is 0.482 e. The molecule has 3 aromatic rings. The van der Waals surface area contributed by atoms with Crippen LogP contribution >= 0.6 is 0 Å². The van der Waals surface area contributed by atoms with Crippen molar-refractivity contribution in [2.75, 3.05) is 32.9 Å². The van der Waals surface area contributed by atoms with Crippen LogP contribution in [0.25, 0.3) is 0 Å². The summed E-state index contributed by atoms with van der Waals surface area (Å²) in [4.78, 5) is 26.3. The van der Waals surface area contributed by atoms with Gasteiger partial charge in [-0.05, 0) is 60.7 Å². The molecule has 1 fully saturated rings. The number of hydrogen-bond donors (Lipinski definition) is 0. The molecule has 3 aromatic carbocycles. The highest BCUT2D eigenvalue weighted by Crippen LogP contribution is 2.23. The molecular weight excluding hydrogens is 410 g/mol. The molecule has 7 heteroatoms. The molecule has 0 aliphatic carbocycles. The molecule has 32 heavy (non-hydrogen) atoms. The molecule has 1 amide bonds. The van der Waals surface area contributed by atoms with Gasteiger partial charge in [0.15, 0.2) is 6.61 Å². The van der Waals surface area contributed by atoms with Crippen LogP contribution in [-0.4, -0.2) is 49.7 Å². The van der Waals surface area contributed by atoms with E-state index in [0.717, 1.165) is 5.75 Å². The minimum absolute atomic E-state index is 0.0426. The summed E-state index contributed by atoms with van der Waals surface area (Å²) in [5.74, 6) is 1.66. The molecule has 7 nitrogen and oxygen atoms in total. The maximum Gasteiger partial charge on any atom is 0.349 e. The Hall–Kier alpha value is -3.84. The molecule has 0 unspecified atom stereocenters. The molecular formula is C25H23NO6. The number of hydrogen-bond acceptors (Lipinski definition) is 6. The minimum Gasteiger partial charge on any atom is -0.482 e. The lowest BCUT2D eigenvalue weighted by atomic mass is 10.2. The van der Waals surface area contributed by atoms with Gasteiger partial charge in [-0.1, -0.05) is 18.2 Å². The molecule has 1 heterocycles. The molecule has 0 spiro atoms. The number of rotatable bonds is 7. The van der Waals surface area contributed by atoms with Crippen LogP contribution in [0.4, 0.5) is 0 Å². The second kappa shape index (κ2) is 10.5. The normalized spacial score (nSPS) is 13.3. The van der Waals surface area contributed by atoms with Crippen LogP contribution in [-0.2, 0) is 9.53 Å². The van der Waals surface area contributed by atoms with Crippen molar-refractivity contribution in [3.63, 3.8) is 0 Å². The Morgan fingerprint density at radius 2 is 1.34 bits per heavy atom. The fraction of sp³-hybridized carbons (Fsp3) is 0.200. The van der Waals surface area contributed by atoms with E-state index < -0.39 is 5.97 Å². The number of esters is 1. The fourth-order valence-electron chi connectivity index (χ4n) is 3.15. The first-order valence-corrected chi connectivity index (χ1v) is 10.3. The first-order valence-electron chi connectivity index (χ1n) is 10.3. The highest BCUT2D eigenvalue weighted by molar-refractivity contribution is 5.94. The molecule has 0 aromatic heterocycles. The van der Waals surface area contributed by atoms with Gasteiger partial charge < -0.3 is 23.8 Å². The van der Waals surface area contributed by atoms with Gasteiger partial charge >= 0.3 is 5.97 Å². The summed E-state index contributed by atoms with van der Waals surface area (Å²) in [5.41, 5.74) is 0.569. The zero-order chi connectivity index (χ0) is 22.2. The number of para-hydroxylation sites is 1. The Morgan fingerprint density at radius 1 is 0.750 bits per heavy atom. The van der Waals surface area contributed by atoms with E-state index in [9.17, 15) is 9.59 Å². The van der Waals surface area contributed by atoms with E-state index >= 15 is 0 Å². The van der Waals surface area contributed by atoms with Crippen LogP contribution < -0.4 is 14.2 Å². The SMILES string of the molecule is O=C(COc1ccc(C(=O)N2CCOCC2)cc1)Oc1ccc(Oc2ccccc2)cc1. The summed E-state index contributed by atoms with van der Waals surface area (Å²) in [6.45, 7) is 2.03. The van der Waals surface area contributed by atoms with Crippen LogP contribution in [0.15, 0.2) is 78.9 Å². The van der Waals surface area contributed by atoms with Crippen molar-refractivity contribution in [1.29, 1.82) is 0 Å². The zero-order valence-corrected chi connectivity index (χ0v) is 17.4. The Bertz CT molecular complexity index is 1030. The van der Waals surface area contributed by atoms with Crippen LogP contribution in [0.3, 0.4) is 0 Å². The van der Waals surface area contributed by atoms with Gasteiger partial charge in [0.2, 0.25) is 0 Å². The number of nitrogens with zero attached hydrogens (tertiary/aromatic N) is 1. The first-order chi connectivity index (χ1) is 15.7. The smallest absolute Gasteiger partial charge is 0.349 e. The van der Waals surface area contributed by atoms with Crippen LogP contribution in [0.1, 0.15) is 10.4 Å². The number of benzene rings is 3. The van der Waals surface area contributed by atoms with Crippen molar-refractivity contribution in [1.82, 2.24) is 4.90 Å². The third-order valence-electron chi connectivity index (χ3n) is 4.79. The second-order valence-electron chi connectivity index (χ2n) is 7.08. The van der Waals surface area contributed by atoms with Crippen molar-refractivity contribution in [3.05, 3.63) is 84.4 Å². The lowest BCUT2D eigenvalue weighted by Crippen LogP contribution is -2.40. The predicted octanol–water partition coefficient (Wildman–Crippen LogP) is 3.94. The van der Waals surface area contributed by atoms with Crippen LogP contribution in [0.2, 0.25) is 0 Å². The molecule has 4 rings (SSSR count). The maximum absolute atomic E-state index is 12.5. The predicted molar refractivity (Wildman–Crippen MR) is 117 cm³/mol. The van der Waals surface area contributed by atoms with Crippen molar-refractivity contribution >= 4 is 11.9 Å². The fourth-order valence-corrected chi connectivity index (χ4v) is 3.15. The van der Waals surface area contributed by atoms with Gasteiger partial charge in [-0.3, -0.25) is 4.79 Å². The molecule has 0 radical (unpaired) electrons. The van der Waals surface area contributed by atoms with Crippen molar-refractivity contribution in [2.24, 2.45) is 0 Å². The van der Waals surface area contributed by atoms with Crippen molar-refractivity contribution in [3.8, 4) is 23.0 Å². The Labute approximate surface area is 186 Å². The average Bonchev–Trinajstić information content (AvgIpc) is 2.85. The number of morpholine rings is 1. The van der Waals surface area contributed by atoms with Gasteiger partial charge in [0.1, 0.15) is 23.0 Å². The summed E-state index contributed by atoms with van der Waals surface area (Å²) in [5, 5.41) is 0. The summed E-state index contributed by atoms with van der Waals surface area (Å²) < 4.78 is 21.7. The monoisotopic (exact) mass is 433 g/mol. The number of carbonyl (C=O) groups is 2. The van der Waals surface area contributed by atoms with Crippen LogP contribution in [0, 0.1) is 0 Å². The number of ether oxygens (including phenoxy) is 4. The molecule has 164 valence electrons. The highest BCUT2D eigenvalue weighted by atomic mass is 16.6. The summed E-state index contributed by atoms with van der Waals surface area (Å²) in [6, 6.07) is 22.9. The summed E-state index contributed by atoms with van der Waals surface area (Å²) in [6.07, 6.45) is 0. The van der Waals surface area contributed by atoms with Crippen LogP contribution in [0.5, 0.6) is 23.0 Å². The summed E-state index contributed by atoms with van der Waals surface area (Å²) >= 11 is 0. The Morgan fingerprint density at radius 3 is 2.03 bits per heavy atom. The van der Waals surface area contributed by atoms with E-state index in [1.54, 1.807) is 53.4 Å². The third-order valence-corrected chi connectivity index (χ3v) is 4.79. The Kier molecular flexibility index (Phi) is 6.99. The van der Waals surface area contributed by atoms with Gasteiger partial charge in [0.05, 0.1) is 13.2 Å². The molecule has 1 aliphatic heterocycles. The lowest BCUT2D eigenvalue weighted by molar-refractivity contribution is -0.136. The van der Waals surface area contributed by atoms with E-state index in [0.29, 0.717) is 49.1 Å². The van der Waals surface area contributed by atoms with E-state index in [2.05, 4.69) is 0 Å². The molecule has 0 saturated carbocycles. The van der Waals surface area contributed by atoms with E-state index in [1.165, 1.54) is 0 Å². The molecule has 1 saturated heterocycles. The molecule has 0 N–H and O–H groups in total. The molecule has 1 aliphatic rings. The lowest BCUT2D eigenvalue weighted by Gasteiger charge is -2.26.